The van der Waals surface area contributed by atoms with Crippen LogP contribution in [0.4, 0.5) is 11.4 Å². The van der Waals surface area contributed by atoms with Crippen LogP contribution in [0.5, 0.6) is 0 Å². The highest BCUT2D eigenvalue weighted by Gasteiger charge is 2.06. The number of amides is 2. The van der Waals surface area contributed by atoms with Gasteiger partial charge in [0.15, 0.2) is 0 Å². The number of carbonyl (C=O) groups excluding carboxylic acids is 2. The molecule has 1 aromatic carbocycles. The number of benzene rings is 1. The lowest BCUT2D eigenvalue weighted by Crippen LogP contribution is -2.32. The fraction of sp³-hybridized carbons (Fsp3) is 0.143. The number of nitrogens with one attached hydrogen (secondary N) is 3. The molecule has 0 aliphatic carbocycles. The van der Waals surface area contributed by atoms with E-state index >= 15 is 0 Å². The highest BCUT2D eigenvalue weighted by molar-refractivity contribution is 5.93. The zero-order chi connectivity index (χ0) is 16.1. The molecule has 114 valence electrons. The van der Waals surface area contributed by atoms with Crippen LogP contribution in [-0.2, 0) is 16.1 Å². The molecule has 0 unspecified atom stereocenters. The van der Waals surface area contributed by atoms with Gasteiger partial charge in [0.05, 0.1) is 0 Å². The van der Waals surface area contributed by atoms with Crippen LogP contribution in [0.25, 0.3) is 0 Å². The van der Waals surface area contributed by atoms with Gasteiger partial charge in [0.25, 0.3) is 5.56 Å². The molecule has 8 nitrogen and oxygen atoms in total. The molecule has 8 heteroatoms. The average molecular weight is 302 g/mol. The van der Waals surface area contributed by atoms with Crippen LogP contribution in [0.3, 0.4) is 0 Å². The SMILES string of the molecule is CC(=O)Nc1cccc(NC(=O)Cn2ccc(=O)[nH]c2=O)c1. The first kappa shape index (κ1) is 15.2. The van der Waals surface area contributed by atoms with E-state index in [0.717, 1.165) is 10.6 Å². The molecule has 1 heterocycles. The highest BCUT2D eigenvalue weighted by Crippen LogP contribution is 2.14. The molecule has 0 fully saturated rings. The third kappa shape index (κ3) is 4.17. The maximum Gasteiger partial charge on any atom is 0.328 e. The van der Waals surface area contributed by atoms with Crippen LogP contribution in [0.1, 0.15) is 6.92 Å². The number of hydrogen-bond acceptors (Lipinski definition) is 4. The van der Waals surface area contributed by atoms with E-state index in [2.05, 4.69) is 15.6 Å². The maximum atomic E-state index is 11.9. The Morgan fingerprint density at radius 2 is 1.82 bits per heavy atom. The van der Waals surface area contributed by atoms with Gasteiger partial charge in [-0.05, 0) is 18.2 Å². The topological polar surface area (TPSA) is 113 Å². The van der Waals surface area contributed by atoms with Crippen molar-refractivity contribution in [2.24, 2.45) is 0 Å². The molecule has 0 bridgehead atoms. The standard InChI is InChI=1S/C14H14N4O4/c1-9(19)15-10-3-2-4-11(7-10)16-13(21)8-18-6-5-12(20)17-14(18)22/h2-7H,8H2,1H3,(H,15,19)(H,16,21)(H,17,20,22). The van der Waals surface area contributed by atoms with Gasteiger partial charge < -0.3 is 10.6 Å². The summed E-state index contributed by atoms with van der Waals surface area (Å²) in [6.45, 7) is 1.15. The van der Waals surface area contributed by atoms with Crippen LogP contribution >= 0.6 is 0 Å². The smallest absolute Gasteiger partial charge is 0.326 e. The Balaban J connectivity index is 2.07. The second kappa shape index (κ2) is 6.53. The number of anilines is 2. The maximum absolute atomic E-state index is 11.9. The molecule has 0 saturated heterocycles. The van der Waals surface area contributed by atoms with E-state index in [4.69, 9.17) is 0 Å². The summed E-state index contributed by atoms with van der Waals surface area (Å²) in [7, 11) is 0. The Bertz CT molecular complexity index is 822. The zero-order valence-corrected chi connectivity index (χ0v) is 11.8. The number of rotatable bonds is 4. The molecule has 2 rings (SSSR count). The van der Waals surface area contributed by atoms with Crippen molar-refractivity contribution in [2.75, 3.05) is 10.6 Å². The largest absolute Gasteiger partial charge is 0.328 e. The normalized spacial score (nSPS) is 10.0. The molecule has 0 aliphatic rings. The Morgan fingerprint density at radius 3 is 2.45 bits per heavy atom. The monoisotopic (exact) mass is 302 g/mol. The Kier molecular flexibility index (Phi) is 4.52. The van der Waals surface area contributed by atoms with E-state index in [1.54, 1.807) is 24.3 Å². The summed E-state index contributed by atoms with van der Waals surface area (Å²) in [5.41, 5.74) is -0.153. The first-order chi connectivity index (χ1) is 10.4. The van der Waals surface area contributed by atoms with Crippen LogP contribution in [0, 0.1) is 0 Å². The number of aromatic amines is 1. The molecule has 2 aromatic rings. The van der Waals surface area contributed by atoms with E-state index in [-0.39, 0.29) is 12.5 Å². The van der Waals surface area contributed by atoms with Gasteiger partial charge >= 0.3 is 5.69 Å². The average Bonchev–Trinajstić information content (AvgIpc) is 2.41. The molecule has 0 radical (unpaired) electrons. The Labute approximate surface area is 124 Å². The van der Waals surface area contributed by atoms with E-state index < -0.39 is 17.2 Å². The van der Waals surface area contributed by atoms with Crippen molar-refractivity contribution >= 4 is 23.2 Å². The Morgan fingerprint density at radius 1 is 1.14 bits per heavy atom. The fourth-order valence-electron chi connectivity index (χ4n) is 1.80. The molecule has 0 spiro atoms. The summed E-state index contributed by atoms with van der Waals surface area (Å²) >= 11 is 0. The van der Waals surface area contributed by atoms with E-state index in [9.17, 15) is 19.2 Å². The first-order valence-electron chi connectivity index (χ1n) is 6.41. The lowest BCUT2D eigenvalue weighted by molar-refractivity contribution is -0.117. The third-order valence-corrected chi connectivity index (χ3v) is 2.68. The van der Waals surface area contributed by atoms with Crippen molar-refractivity contribution in [3.05, 3.63) is 57.4 Å². The number of nitrogens with zero attached hydrogens (tertiary/aromatic N) is 1. The number of carbonyl (C=O) groups is 2. The van der Waals surface area contributed by atoms with Gasteiger partial charge in [0.1, 0.15) is 6.54 Å². The van der Waals surface area contributed by atoms with E-state index in [1.165, 1.54) is 13.1 Å². The van der Waals surface area contributed by atoms with Crippen molar-refractivity contribution in [3.63, 3.8) is 0 Å². The van der Waals surface area contributed by atoms with Crippen molar-refractivity contribution in [2.45, 2.75) is 13.5 Å². The van der Waals surface area contributed by atoms with Crippen molar-refractivity contribution < 1.29 is 9.59 Å². The number of hydrogen-bond donors (Lipinski definition) is 3. The molecule has 2 amide bonds. The Hall–Kier alpha value is -3.16. The summed E-state index contributed by atoms with van der Waals surface area (Å²) in [5.74, 6) is -0.655. The number of aromatic nitrogens is 2. The predicted octanol–water partition coefficient (Wildman–Crippen LogP) is 0.134. The molecule has 1 aromatic heterocycles. The number of H-pyrrole nitrogens is 1. The fourth-order valence-corrected chi connectivity index (χ4v) is 1.80. The van der Waals surface area contributed by atoms with Gasteiger partial charge in [-0.25, -0.2) is 4.79 Å². The van der Waals surface area contributed by atoms with Gasteiger partial charge in [-0.1, -0.05) is 6.07 Å². The van der Waals surface area contributed by atoms with Crippen molar-refractivity contribution in [1.29, 1.82) is 0 Å². The van der Waals surface area contributed by atoms with Gasteiger partial charge in [-0.2, -0.15) is 0 Å². The minimum atomic E-state index is -0.658. The summed E-state index contributed by atoms with van der Waals surface area (Å²) in [6.07, 6.45) is 1.24. The molecule has 3 N–H and O–H groups in total. The second-order valence-electron chi connectivity index (χ2n) is 4.55. The van der Waals surface area contributed by atoms with Gasteiger partial charge in [0, 0.05) is 30.6 Å². The first-order valence-corrected chi connectivity index (χ1v) is 6.41. The molecule has 22 heavy (non-hydrogen) atoms. The highest BCUT2D eigenvalue weighted by atomic mass is 16.2. The van der Waals surface area contributed by atoms with Crippen LogP contribution in [0.15, 0.2) is 46.1 Å². The van der Waals surface area contributed by atoms with Gasteiger partial charge in [-0.3, -0.25) is 23.9 Å². The van der Waals surface area contributed by atoms with Crippen molar-refractivity contribution in [3.8, 4) is 0 Å². The molecular formula is C14H14N4O4. The minimum Gasteiger partial charge on any atom is -0.326 e. The second-order valence-corrected chi connectivity index (χ2v) is 4.55. The summed E-state index contributed by atoms with van der Waals surface area (Å²) in [6, 6.07) is 7.76. The van der Waals surface area contributed by atoms with Crippen LogP contribution < -0.4 is 21.9 Å². The third-order valence-electron chi connectivity index (χ3n) is 2.68. The zero-order valence-electron chi connectivity index (χ0n) is 11.8. The van der Waals surface area contributed by atoms with Crippen LogP contribution in [-0.4, -0.2) is 21.4 Å². The summed E-state index contributed by atoms with van der Waals surface area (Å²) < 4.78 is 1.08. The van der Waals surface area contributed by atoms with Gasteiger partial charge in [0.2, 0.25) is 11.8 Å². The lowest BCUT2D eigenvalue weighted by atomic mass is 10.2. The molecule has 0 aliphatic heterocycles. The summed E-state index contributed by atoms with van der Waals surface area (Å²) in [5, 5.41) is 5.20. The molecule has 0 saturated carbocycles. The van der Waals surface area contributed by atoms with Crippen LogP contribution in [0.2, 0.25) is 0 Å². The van der Waals surface area contributed by atoms with E-state index in [0.29, 0.717) is 11.4 Å². The summed E-state index contributed by atoms with van der Waals surface area (Å²) in [4.78, 5) is 47.4. The predicted molar refractivity (Wildman–Crippen MR) is 80.7 cm³/mol. The van der Waals surface area contributed by atoms with Crippen molar-refractivity contribution in [1.82, 2.24) is 9.55 Å². The molecular weight excluding hydrogens is 288 g/mol. The van der Waals surface area contributed by atoms with E-state index in [1.807, 2.05) is 0 Å². The molecule has 0 atom stereocenters. The minimum absolute atomic E-state index is 0.219. The van der Waals surface area contributed by atoms with Gasteiger partial charge in [-0.15, -0.1) is 0 Å². The quantitative estimate of drug-likeness (QED) is 0.745. The lowest BCUT2D eigenvalue weighted by Gasteiger charge is -2.08.